The van der Waals surface area contributed by atoms with E-state index in [-0.39, 0.29) is 5.91 Å². The van der Waals surface area contributed by atoms with Crippen molar-refractivity contribution in [2.75, 3.05) is 17.2 Å². The molecular formula is C14H18N2OS. The smallest absolute Gasteiger partial charge is 0.230 e. The summed E-state index contributed by atoms with van der Waals surface area (Å²) in [6.07, 6.45) is 1.09. The van der Waals surface area contributed by atoms with Crippen molar-refractivity contribution in [2.24, 2.45) is 4.99 Å². The third-order valence-electron chi connectivity index (χ3n) is 2.95. The number of benzene rings is 1. The van der Waals surface area contributed by atoms with Crippen LogP contribution in [0.2, 0.25) is 0 Å². The van der Waals surface area contributed by atoms with Gasteiger partial charge in [-0.2, -0.15) is 0 Å². The maximum Gasteiger partial charge on any atom is 0.230 e. The average Bonchev–Trinajstić information content (AvgIpc) is 2.34. The number of aliphatic imine (C=N–C) groups is 1. The molecule has 1 aromatic rings. The van der Waals surface area contributed by atoms with Gasteiger partial charge in [0.1, 0.15) is 0 Å². The van der Waals surface area contributed by atoms with Gasteiger partial charge in [-0.3, -0.25) is 14.7 Å². The minimum atomic E-state index is 0.0283. The Labute approximate surface area is 112 Å². The first-order chi connectivity index (χ1) is 8.61. The van der Waals surface area contributed by atoms with Gasteiger partial charge in [-0.1, -0.05) is 30.0 Å². The Kier molecular flexibility index (Phi) is 4.07. The van der Waals surface area contributed by atoms with E-state index in [1.807, 2.05) is 32.0 Å². The maximum absolute atomic E-state index is 12.0. The molecule has 0 spiro atoms. The molecule has 0 radical (unpaired) electrons. The molecule has 1 aromatic carbocycles. The molecule has 2 rings (SSSR count). The maximum atomic E-state index is 12.0. The van der Waals surface area contributed by atoms with E-state index in [1.165, 1.54) is 0 Å². The number of anilines is 1. The lowest BCUT2D eigenvalue weighted by molar-refractivity contribution is -0.115. The normalized spacial score (nSPS) is 15.2. The summed E-state index contributed by atoms with van der Waals surface area (Å²) in [6.45, 7) is 6.49. The Morgan fingerprint density at radius 1 is 1.33 bits per heavy atom. The lowest BCUT2D eigenvalue weighted by atomic mass is 10.1. The molecule has 1 aliphatic heterocycles. The first-order valence-electron chi connectivity index (χ1n) is 6.15. The molecule has 0 bridgehead atoms. The molecule has 0 N–H and O–H groups in total. The van der Waals surface area contributed by atoms with Crippen LogP contribution in [0, 0.1) is 13.8 Å². The molecule has 0 unspecified atom stereocenters. The van der Waals surface area contributed by atoms with Gasteiger partial charge in [0.2, 0.25) is 5.91 Å². The van der Waals surface area contributed by atoms with Gasteiger partial charge >= 0.3 is 0 Å². The summed E-state index contributed by atoms with van der Waals surface area (Å²) in [7, 11) is 0. The first-order valence-corrected chi connectivity index (χ1v) is 7.14. The van der Waals surface area contributed by atoms with Gasteiger partial charge in [-0.05, 0) is 31.4 Å². The molecule has 0 aromatic heterocycles. The van der Waals surface area contributed by atoms with Crippen LogP contribution in [-0.4, -0.2) is 23.4 Å². The predicted molar refractivity (Wildman–Crippen MR) is 78.5 cm³/mol. The van der Waals surface area contributed by atoms with Crippen molar-refractivity contribution < 1.29 is 4.79 Å². The summed E-state index contributed by atoms with van der Waals surface area (Å²) in [5.74, 6) is 1.06. The van der Waals surface area contributed by atoms with E-state index in [0.29, 0.717) is 0 Å². The van der Waals surface area contributed by atoms with Gasteiger partial charge in [0.05, 0.1) is 5.69 Å². The number of aryl methyl sites for hydroxylation is 2. The Bertz CT molecular complexity index is 476. The summed E-state index contributed by atoms with van der Waals surface area (Å²) in [5, 5.41) is 0.839. The number of hydrogen-bond acceptors (Lipinski definition) is 3. The minimum absolute atomic E-state index is 0.0283. The van der Waals surface area contributed by atoms with Gasteiger partial charge < -0.3 is 0 Å². The summed E-state index contributed by atoms with van der Waals surface area (Å²) in [6, 6.07) is 6.08. The van der Waals surface area contributed by atoms with Crippen LogP contribution in [0.4, 0.5) is 5.69 Å². The molecule has 1 heterocycles. The number of carbonyl (C=O) groups is 1. The van der Waals surface area contributed by atoms with E-state index >= 15 is 0 Å². The second kappa shape index (κ2) is 5.57. The van der Waals surface area contributed by atoms with Gasteiger partial charge in [0.15, 0.2) is 5.17 Å². The van der Waals surface area contributed by atoms with E-state index in [0.717, 1.165) is 40.7 Å². The molecule has 0 aliphatic carbocycles. The van der Waals surface area contributed by atoms with Gasteiger partial charge in [-0.15, -0.1) is 0 Å². The molecule has 0 atom stereocenters. The number of thioether (sulfide) groups is 1. The molecule has 1 amide bonds. The zero-order chi connectivity index (χ0) is 13.1. The monoisotopic (exact) mass is 262 g/mol. The lowest BCUT2D eigenvalue weighted by Gasteiger charge is -2.27. The molecule has 96 valence electrons. The van der Waals surface area contributed by atoms with E-state index in [9.17, 15) is 4.79 Å². The molecule has 18 heavy (non-hydrogen) atoms. The van der Waals surface area contributed by atoms with Crippen molar-refractivity contribution in [2.45, 2.75) is 27.2 Å². The molecule has 0 saturated heterocycles. The fourth-order valence-electron chi connectivity index (χ4n) is 2.13. The highest BCUT2D eigenvalue weighted by molar-refractivity contribution is 8.14. The number of amidine groups is 1. The Morgan fingerprint density at radius 2 is 2.00 bits per heavy atom. The number of hydrogen-bond donors (Lipinski definition) is 0. The number of nitrogens with zero attached hydrogens (tertiary/aromatic N) is 2. The van der Waals surface area contributed by atoms with Crippen molar-refractivity contribution in [1.82, 2.24) is 0 Å². The Balaban J connectivity index is 2.48. The molecule has 1 aliphatic rings. The second-order valence-electron chi connectivity index (χ2n) is 4.46. The molecular weight excluding hydrogens is 244 g/mol. The van der Waals surface area contributed by atoms with Crippen LogP contribution in [0.15, 0.2) is 23.2 Å². The van der Waals surface area contributed by atoms with Crippen molar-refractivity contribution in [3.8, 4) is 0 Å². The van der Waals surface area contributed by atoms with Gasteiger partial charge in [-0.25, -0.2) is 0 Å². The number of para-hydroxylation sites is 1. The third-order valence-corrected chi connectivity index (χ3v) is 4.01. The van der Waals surface area contributed by atoms with Crippen LogP contribution in [0.1, 0.15) is 24.5 Å². The van der Waals surface area contributed by atoms with E-state index in [1.54, 1.807) is 23.6 Å². The summed E-state index contributed by atoms with van der Waals surface area (Å²) in [5.41, 5.74) is 3.20. The van der Waals surface area contributed by atoms with Crippen molar-refractivity contribution in [3.05, 3.63) is 29.3 Å². The topological polar surface area (TPSA) is 32.7 Å². The first kappa shape index (κ1) is 13.1. The van der Waals surface area contributed by atoms with Crippen molar-refractivity contribution in [3.63, 3.8) is 0 Å². The highest BCUT2D eigenvalue weighted by atomic mass is 32.2. The van der Waals surface area contributed by atoms with Gasteiger partial charge in [0, 0.05) is 19.2 Å². The SMILES string of the molecule is CC(=O)N(C1=NCCCS1)c1c(C)cccc1C. The Hall–Kier alpha value is -1.29. The highest BCUT2D eigenvalue weighted by Crippen LogP contribution is 2.29. The number of rotatable bonds is 1. The standard InChI is InChI=1S/C14H18N2OS/c1-10-6-4-7-11(2)13(10)16(12(3)17)14-15-8-5-9-18-14/h4,6-7H,5,8-9H2,1-3H3. The molecule has 0 saturated carbocycles. The zero-order valence-electron chi connectivity index (χ0n) is 11.1. The molecule has 4 heteroatoms. The van der Waals surface area contributed by atoms with E-state index in [2.05, 4.69) is 4.99 Å². The lowest BCUT2D eigenvalue weighted by Crippen LogP contribution is -2.36. The predicted octanol–water partition coefficient (Wildman–Crippen LogP) is 3.15. The summed E-state index contributed by atoms with van der Waals surface area (Å²) >= 11 is 1.67. The van der Waals surface area contributed by atoms with Crippen LogP contribution < -0.4 is 4.90 Å². The third kappa shape index (κ3) is 2.58. The largest absolute Gasteiger partial charge is 0.274 e. The highest BCUT2D eigenvalue weighted by Gasteiger charge is 2.23. The Morgan fingerprint density at radius 3 is 2.50 bits per heavy atom. The fraction of sp³-hybridized carbons (Fsp3) is 0.429. The van der Waals surface area contributed by atoms with Gasteiger partial charge in [0.25, 0.3) is 0 Å². The van der Waals surface area contributed by atoms with Crippen LogP contribution >= 0.6 is 11.8 Å². The van der Waals surface area contributed by atoms with Crippen LogP contribution in [0.5, 0.6) is 0 Å². The summed E-state index contributed by atoms with van der Waals surface area (Å²) < 4.78 is 0. The zero-order valence-corrected chi connectivity index (χ0v) is 11.9. The quantitative estimate of drug-likeness (QED) is 0.779. The minimum Gasteiger partial charge on any atom is -0.274 e. The van der Waals surface area contributed by atoms with Crippen LogP contribution in [-0.2, 0) is 4.79 Å². The summed E-state index contributed by atoms with van der Waals surface area (Å²) in [4.78, 5) is 18.2. The molecule has 3 nitrogen and oxygen atoms in total. The van der Waals surface area contributed by atoms with Crippen molar-refractivity contribution in [1.29, 1.82) is 0 Å². The molecule has 0 fully saturated rings. The van der Waals surface area contributed by atoms with E-state index < -0.39 is 0 Å². The second-order valence-corrected chi connectivity index (χ2v) is 5.52. The fourth-order valence-corrected chi connectivity index (χ4v) is 3.12. The van der Waals surface area contributed by atoms with Crippen molar-refractivity contribution >= 4 is 28.5 Å². The number of amides is 1. The van der Waals surface area contributed by atoms with Crippen LogP contribution in [0.3, 0.4) is 0 Å². The van der Waals surface area contributed by atoms with E-state index in [4.69, 9.17) is 0 Å². The number of carbonyl (C=O) groups excluding carboxylic acids is 1. The van der Waals surface area contributed by atoms with Crippen LogP contribution in [0.25, 0.3) is 0 Å². The average molecular weight is 262 g/mol.